The van der Waals surface area contributed by atoms with Crippen molar-refractivity contribution in [2.24, 2.45) is 5.41 Å². The molecule has 7 heteroatoms. The van der Waals surface area contributed by atoms with E-state index in [1.807, 2.05) is 6.92 Å². The van der Waals surface area contributed by atoms with E-state index in [2.05, 4.69) is 27.8 Å². The predicted octanol–water partition coefficient (Wildman–Crippen LogP) is 4.91. The van der Waals surface area contributed by atoms with Crippen LogP contribution in [0.4, 0.5) is 0 Å². The average Bonchev–Trinajstić information content (AvgIpc) is 2.64. The first-order valence-electron chi connectivity index (χ1n) is 9.48. The lowest BCUT2D eigenvalue weighted by Crippen LogP contribution is -2.39. The molecular formula is C23H25BrO5S. The van der Waals surface area contributed by atoms with Gasteiger partial charge in [0.25, 0.3) is 0 Å². The maximum Gasteiger partial charge on any atom is 0.345 e. The second-order valence-corrected chi connectivity index (χ2v) is 11.0. The number of carboxylic acid groups (broad SMARTS) is 1. The molecule has 0 spiro atoms. The van der Waals surface area contributed by atoms with Gasteiger partial charge < -0.3 is 9.84 Å². The van der Waals surface area contributed by atoms with Gasteiger partial charge >= 0.3 is 5.97 Å². The first-order valence-corrected chi connectivity index (χ1v) is 11.9. The number of benzene rings is 2. The van der Waals surface area contributed by atoms with Crippen LogP contribution in [0.3, 0.4) is 0 Å². The van der Waals surface area contributed by atoms with Crippen molar-refractivity contribution in [2.45, 2.75) is 45.1 Å². The highest BCUT2D eigenvalue weighted by Crippen LogP contribution is 2.29. The summed E-state index contributed by atoms with van der Waals surface area (Å²) in [5.41, 5.74) is 0.427. The van der Waals surface area contributed by atoms with Crippen LogP contribution in [0.2, 0.25) is 0 Å². The Morgan fingerprint density at radius 1 is 1.17 bits per heavy atom. The molecule has 0 aliphatic rings. The fraction of sp³-hybridized carbons (Fsp3) is 0.348. The van der Waals surface area contributed by atoms with Gasteiger partial charge in [0.1, 0.15) is 5.75 Å². The van der Waals surface area contributed by atoms with E-state index in [-0.39, 0.29) is 10.6 Å². The Bertz CT molecular complexity index is 1090. The molecule has 1 atom stereocenters. The van der Waals surface area contributed by atoms with Crippen LogP contribution in [0.1, 0.15) is 45.2 Å². The van der Waals surface area contributed by atoms with Crippen molar-refractivity contribution in [3.05, 3.63) is 58.1 Å². The Hall–Kier alpha value is -2.30. The van der Waals surface area contributed by atoms with Gasteiger partial charge in [-0.05, 0) is 42.8 Å². The smallest absolute Gasteiger partial charge is 0.345 e. The largest absolute Gasteiger partial charge is 0.478 e. The van der Waals surface area contributed by atoms with E-state index < -0.39 is 27.3 Å². The normalized spacial score (nSPS) is 12.6. The van der Waals surface area contributed by atoms with Crippen molar-refractivity contribution in [2.75, 3.05) is 5.75 Å². The second-order valence-electron chi connectivity index (χ2n) is 7.94. The number of hydrogen-bond donors (Lipinski definition) is 1. The summed E-state index contributed by atoms with van der Waals surface area (Å²) in [4.78, 5) is 11.9. The third-order valence-electron chi connectivity index (χ3n) is 4.20. The van der Waals surface area contributed by atoms with Crippen LogP contribution >= 0.6 is 15.9 Å². The molecule has 2 aromatic rings. The molecule has 1 unspecified atom stereocenters. The maximum atomic E-state index is 12.3. The third kappa shape index (κ3) is 6.35. The van der Waals surface area contributed by atoms with E-state index in [1.165, 1.54) is 0 Å². The Balaban J connectivity index is 2.43. The molecule has 0 saturated carbocycles. The molecular weight excluding hydrogens is 468 g/mol. The summed E-state index contributed by atoms with van der Waals surface area (Å²) in [6, 6.07) is 11.6. The molecule has 0 aromatic heterocycles. The van der Waals surface area contributed by atoms with Gasteiger partial charge in [-0.1, -0.05) is 61.5 Å². The SMILES string of the molecule is CCCS(=O)(=O)c1cccc(C#Cc2cc(Br)ccc2OC(C(=O)O)C(C)(C)C)c1. The molecule has 0 heterocycles. The van der Waals surface area contributed by atoms with Crippen LogP contribution in [-0.4, -0.2) is 31.4 Å². The lowest BCUT2D eigenvalue weighted by Gasteiger charge is -2.28. The zero-order valence-corrected chi connectivity index (χ0v) is 19.8. The van der Waals surface area contributed by atoms with Gasteiger partial charge in [-0.25, -0.2) is 13.2 Å². The Morgan fingerprint density at radius 2 is 1.87 bits per heavy atom. The van der Waals surface area contributed by atoms with Crippen molar-refractivity contribution in [3.8, 4) is 17.6 Å². The molecule has 2 rings (SSSR count). The molecule has 30 heavy (non-hydrogen) atoms. The van der Waals surface area contributed by atoms with Crippen LogP contribution in [-0.2, 0) is 14.6 Å². The van der Waals surface area contributed by atoms with Crippen molar-refractivity contribution in [1.82, 2.24) is 0 Å². The molecule has 0 aliphatic heterocycles. The first kappa shape index (κ1) is 24.0. The number of aliphatic carboxylic acids is 1. The molecule has 0 saturated heterocycles. The molecule has 0 aliphatic carbocycles. The minimum Gasteiger partial charge on any atom is -0.478 e. The Kier molecular flexibility index (Phi) is 7.73. The monoisotopic (exact) mass is 492 g/mol. The number of rotatable bonds is 6. The minimum absolute atomic E-state index is 0.0802. The van der Waals surface area contributed by atoms with Gasteiger partial charge in [0, 0.05) is 15.5 Å². The minimum atomic E-state index is -3.34. The molecule has 5 nitrogen and oxygen atoms in total. The lowest BCUT2D eigenvalue weighted by molar-refractivity contribution is -0.150. The quantitative estimate of drug-likeness (QED) is 0.579. The van der Waals surface area contributed by atoms with Crippen molar-refractivity contribution < 1.29 is 23.1 Å². The average molecular weight is 493 g/mol. The number of ether oxygens (including phenoxy) is 1. The molecule has 0 fully saturated rings. The van der Waals surface area contributed by atoms with Gasteiger partial charge in [-0.15, -0.1) is 0 Å². The van der Waals surface area contributed by atoms with E-state index in [0.717, 1.165) is 4.47 Å². The number of sulfone groups is 1. The van der Waals surface area contributed by atoms with E-state index in [9.17, 15) is 18.3 Å². The van der Waals surface area contributed by atoms with E-state index in [4.69, 9.17) is 4.74 Å². The Labute approximate surface area is 186 Å². The fourth-order valence-electron chi connectivity index (χ4n) is 2.72. The summed E-state index contributed by atoms with van der Waals surface area (Å²) in [5.74, 6) is 5.32. The van der Waals surface area contributed by atoms with Gasteiger partial charge in [0.2, 0.25) is 0 Å². The molecule has 2 aromatic carbocycles. The van der Waals surface area contributed by atoms with E-state index >= 15 is 0 Å². The van der Waals surface area contributed by atoms with Gasteiger partial charge in [-0.2, -0.15) is 0 Å². The highest BCUT2D eigenvalue weighted by atomic mass is 79.9. The summed E-state index contributed by atoms with van der Waals surface area (Å²) >= 11 is 3.39. The summed E-state index contributed by atoms with van der Waals surface area (Å²) in [6.45, 7) is 7.19. The molecule has 0 radical (unpaired) electrons. The van der Waals surface area contributed by atoms with Crippen LogP contribution in [0.5, 0.6) is 5.75 Å². The third-order valence-corrected chi connectivity index (χ3v) is 6.62. The first-order chi connectivity index (χ1) is 13.9. The molecule has 0 amide bonds. The number of hydrogen-bond acceptors (Lipinski definition) is 4. The predicted molar refractivity (Wildman–Crippen MR) is 120 cm³/mol. The van der Waals surface area contributed by atoms with E-state index in [1.54, 1.807) is 63.2 Å². The molecule has 0 bridgehead atoms. The van der Waals surface area contributed by atoms with Gasteiger partial charge in [-0.3, -0.25) is 0 Å². The van der Waals surface area contributed by atoms with Crippen LogP contribution < -0.4 is 4.74 Å². The highest BCUT2D eigenvalue weighted by molar-refractivity contribution is 9.10. The van der Waals surface area contributed by atoms with Crippen LogP contribution in [0.25, 0.3) is 0 Å². The lowest BCUT2D eigenvalue weighted by atomic mass is 9.89. The highest BCUT2D eigenvalue weighted by Gasteiger charge is 2.33. The number of halogens is 1. The van der Waals surface area contributed by atoms with E-state index in [0.29, 0.717) is 23.3 Å². The summed E-state index contributed by atoms with van der Waals surface area (Å²) < 4.78 is 31.2. The van der Waals surface area contributed by atoms with Crippen molar-refractivity contribution >= 4 is 31.7 Å². The number of carboxylic acids is 1. The molecule has 160 valence electrons. The van der Waals surface area contributed by atoms with Crippen molar-refractivity contribution in [3.63, 3.8) is 0 Å². The standard InChI is InChI=1S/C23H25BrO5S/c1-5-13-30(27,28)19-8-6-7-16(14-19)9-10-17-15-18(24)11-12-20(17)29-21(22(25)26)23(2,3)4/h6-8,11-12,14-15,21H,5,13H2,1-4H3,(H,25,26). The number of carbonyl (C=O) groups is 1. The zero-order chi connectivity index (χ0) is 22.5. The topological polar surface area (TPSA) is 80.7 Å². The second kappa shape index (κ2) is 9.67. The fourth-order valence-corrected chi connectivity index (χ4v) is 4.45. The zero-order valence-electron chi connectivity index (χ0n) is 17.4. The summed E-state index contributed by atoms with van der Waals surface area (Å²) in [5, 5.41) is 9.55. The maximum absolute atomic E-state index is 12.3. The Morgan fingerprint density at radius 3 is 2.47 bits per heavy atom. The summed E-state index contributed by atoms with van der Waals surface area (Å²) in [7, 11) is -3.34. The van der Waals surface area contributed by atoms with Crippen molar-refractivity contribution in [1.29, 1.82) is 0 Å². The molecule has 1 N–H and O–H groups in total. The van der Waals surface area contributed by atoms with Crippen LogP contribution in [0, 0.1) is 17.3 Å². The van der Waals surface area contributed by atoms with Crippen LogP contribution in [0.15, 0.2) is 51.8 Å². The summed E-state index contributed by atoms with van der Waals surface area (Å²) in [6.07, 6.45) is -0.517. The van der Waals surface area contributed by atoms with Gasteiger partial charge in [0.15, 0.2) is 15.9 Å². The van der Waals surface area contributed by atoms with Gasteiger partial charge in [0.05, 0.1) is 16.2 Å².